The number of aliphatic carboxylic acids is 2. The number of amides is 2. The van der Waals surface area contributed by atoms with Gasteiger partial charge in [0.15, 0.2) is 0 Å². The number of carbonyl (C=O) groups is 4. The Balaban J connectivity index is 0.000000233. The number of benzene rings is 3. The molecule has 0 spiro atoms. The van der Waals surface area contributed by atoms with Crippen LogP contribution in [0.25, 0.3) is 0 Å². The van der Waals surface area contributed by atoms with E-state index in [1.807, 2.05) is 12.1 Å². The van der Waals surface area contributed by atoms with Crippen LogP contribution in [0.15, 0.2) is 60.7 Å². The molecule has 2 fully saturated rings. The van der Waals surface area contributed by atoms with Crippen LogP contribution in [0.5, 0.6) is 23.0 Å². The number of hydrogen-bond donors (Lipinski definition) is 5. The summed E-state index contributed by atoms with van der Waals surface area (Å²) in [6, 6.07) is 15.3. The van der Waals surface area contributed by atoms with Gasteiger partial charge >= 0.3 is 11.9 Å². The summed E-state index contributed by atoms with van der Waals surface area (Å²) in [6.07, 6.45) is -1.02. The first kappa shape index (κ1) is 45.4. The van der Waals surface area contributed by atoms with Crippen molar-refractivity contribution >= 4 is 29.4 Å². The van der Waals surface area contributed by atoms with E-state index in [-0.39, 0.29) is 37.2 Å². The number of hydrogen-bond acceptors (Lipinski definition) is 13. The topological polar surface area (TPSA) is 262 Å². The molecule has 3 aromatic rings. The van der Waals surface area contributed by atoms with Crippen molar-refractivity contribution in [3.63, 3.8) is 0 Å². The number of carboxylic acids is 2. The first-order valence-electron chi connectivity index (χ1n) is 17.7. The van der Waals surface area contributed by atoms with E-state index in [0.717, 1.165) is 11.1 Å². The number of carbonyl (C=O) groups excluding carboxylic acids is 2. The molecule has 18 heteroatoms. The Hall–Kier alpha value is -5.98. The van der Waals surface area contributed by atoms with E-state index in [0.29, 0.717) is 41.7 Å². The van der Waals surface area contributed by atoms with Crippen LogP contribution in [0.2, 0.25) is 0 Å². The van der Waals surface area contributed by atoms with Gasteiger partial charge < -0.3 is 54.9 Å². The lowest BCUT2D eigenvalue weighted by Crippen LogP contribution is -2.31. The lowest BCUT2D eigenvalue weighted by molar-refractivity contribution is -0.384. The van der Waals surface area contributed by atoms with Crippen LogP contribution in [0.3, 0.4) is 0 Å². The molecule has 2 saturated heterocycles. The zero-order valence-corrected chi connectivity index (χ0v) is 32.6. The summed E-state index contributed by atoms with van der Waals surface area (Å²) in [5, 5.41) is 46.9. The minimum Gasteiger partial charge on any atom is -0.497 e. The maximum Gasteiger partial charge on any atom is 0.309 e. The molecule has 5 rings (SSSR count). The lowest BCUT2D eigenvalue weighted by Gasteiger charge is -2.18. The average molecular weight is 799 g/mol. The minimum absolute atomic E-state index is 0.0523. The van der Waals surface area contributed by atoms with Crippen molar-refractivity contribution in [3.05, 3.63) is 87.5 Å². The molecule has 6 N–H and O–H groups in total. The maximum absolute atomic E-state index is 12.1. The van der Waals surface area contributed by atoms with Crippen LogP contribution in [-0.2, 0) is 32.3 Å². The van der Waals surface area contributed by atoms with E-state index in [1.54, 1.807) is 76.4 Å². The molecular formula is C39H50N4O14. The van der Waals surface area contributed by atoms with Gasteiger partial charge in [-0.2, -0.15) is 0 Å². The summed E-state index contributed by atoms with van der Waals surface area (Å²) in [5.41, 5.74) is 7.45. The minimum atomic E-state index is -1.02. The fourth-order valence-electron chi connectivity index (χ4n) is 6.28. The first-order chi connectivity index (χ1) is 27.0. The van der Waals surface area contributed by atoms with Crippen LogP contribution >= 0.6 is 0 Å². The predicted octanol–water partition coefficient (Wildman–Crippen LogP) is 2.71. The summed E-state index contributed by atoms with van der Waals surface area (Å²) in [7, 11) is 6.23. The van der Waals surface area contributed by atoms with Crippen LogP contribution in [0.1, 0.15) is 36.6 Å². The molecule has 0 saturated carbocycles. The third-order valence-corrected chi connectivity index (χ3v) is 9.85. The number of likely N-dealkylation sites (tertiary alicyclic amines) is 2. The van der Waals surface area contributed by atoms with Gasteiger partial charge in [0.05, 0.1) is 75.8 Å². The molecule has 0 aliphatic carbocycles. The predicted molar refractivity (Wildman–Crippen MR) is 204 cm³/mol. The third kappa shape index (κ3) is 11.5. The molecule has 6 atom stereocenters. The van der Waals surface area contributed by atoms with E-state index in [2.05, 4.69) is 0 Å². The summed E-state index contributed by atoms with van der Waals surface area (Å²) < 4.78 is 20.9. The fourth-order valence-corrected chi connectivity index (χ4v) is 6.28. The van der Waals surface area contributed by atoms with Gasteiger partial charge in [-0.15, -0.1) is 0 Å². The first-order valence-corrected chi connectivity index (χ1v) is 17.7. The smallest absolute Gasteiger partial charge is 0.309 e. The Morgan fingerprint density at radius 3 is 1.47 bits per heavy atom. The number of nitro groups is 1. The fraction of sp³-hybridized carbons (Fsp3) is 0.436. The van der Waals surface area contributed by atoms with Crippen molar-refractivity contribution in [2.45, 2.75) is 39.1 Å². The second-order valence-corrected chi connectivity index (χ2v) is 13.4. The zero-order valence-electron chi connectivity index (χ0n) is 32.6. The number of ether oxygens (including phenoxy) is 4. The highest BCUT2D eigenvalue weighted by Gasteiger charge is 2.42. The van der Waals surface area contributed by atoms with Gasteiger partial charge in [-0.05, 0) is 42.0 Å². The van der Waals surface area contributed by atoms with Crippen molar-refractivity contribution in [2.75, 3.05) is 48.1 Å². The summed E-state index contributed by atoms with van der Waals surface area (Å²) in [5.74, 6) is -1.86. The molecule has 2 aliphatic heterocycles. The molecule has 2 amide bonds. The Bertz CT molecular complexity index is 1770. The lowest BCUT2D eigenvalue weighted by atomic mass is 9.98. The van der Waals surface area contributed by atoms with Crippen molar-refractivity contribution in [3.8, 4) is 23.0 Å². The van der Waals surface area contributed by atoms with E-state index in [1.165, 1.54) is 24.3 Å². The number of non-ortho nitro benzene ring substituents is 1. The quantitative estimate of drug-likeness (QED) is 0.116. The molecule has 310 valence electrons. The van der Waals surface area contributed by atoms with Gasteiger partial charge in [0.1, 0.15) is 23.0 Å². The number of nitrogens with zero attached hydrogens (tertiary/aromatic N) is 3. The molecule has 57 heavy (non-hydrogen) atoms. The number of aliphatic hydroxyl groups is 2. The Morgan fingerprint density at radius 2 is 1.18 bits per heavy atom. The van der Waals surface area contributed by atoms with E-state index in [9.17, 15) is 34.4 Å². The Labute approximate surface area is 329 Å². The van der Waals surface area contributed by atoms with Crippen LogP contribution < -0.4 is 24.7 Å². The number of carboxylic acid groups (broad SMARTS) is 2. The molecule has 0 radical (unpaired) electrons. The van der Waals surface area contributed by atoms with Crippen molar-refractivity contribution in [2.24, 2.45) is 29.4 Å². The monoisotopic (exact) mass is 798 g/mol. The highest BCUT2D eigenvalue weighted by Crippen LogP contribution is 2.32. The number of methoxy groups -OCH3 is 4. The van der Waals surface area contributed by atoms with Crippen molar-refractivity contribution in [1.29, 1.82) is 0 Å². The summed E-state index contributed by atoms with van der Waals surface area (Å²) in [4.78, 5) is 59.5. The van der Waals surface area contributed by atoms with Gasteiger partial charge in [-0.1, -0.05) is 13.8 Å². The van der Waals surface area contributed by atoms with E-state index >= 15 is 0 Å². The molecule has 2 heterocycles. The molecule has 2 aliphatic rings. The second kappa shape index (κ2) is 20.8. The van der Waals surface area contributed by atoms with Crippen LogP contribution in [-0.4, -0.2) is 113 Å². The van der Waals surface area contributed by atoms with Gasteiger partial charge in [-0.25, -0.2) is 0 Å². The number of nitro benzene ring substituents is 1. The Kier molecular flexibility index (Phi) is 16.6. The molecule has 0 bridgehead atoms. The van der Waals surface area contributed by atoms with Gasteiger partial charge in [-0.3, -0.25) is 29.3 Å². The average Bonchev–Trinajstić information content (AvgIpc) is 3.66. The summed E-state index contributed by atoms with van der Waals surface area (Å²) >= 11 is 0. The molecular weight excluding hydrogens is 748 g/mol. The van der Waals surface area contributed by atoms with Crippen molar-refractivity contribution in [1.82, 2.24) is 9.80 Å². The number of aliphatic hydroxyl groups excluding tert-OH is 2. The normalized spacial score (nSPS) is 19.7. The second-order valence-electron chi connectivity index (χ2n) is 13.4. The van der Waals surface area contributed by atoms with E-state index < -0.39 is 52.7 Å². The number of rotatable bonds is 14. The van der Waals surface area contributed by atoms with E-state index in [4.69, 9.17) is 40.0 Å². The van der Waals surface area contributed by atoms with Crippen molar-refractivity contribution < 1.29 is 63.5 Å². The number of nitrogens with two attached hydrogens (primary N) is 1. The van der Waals surface area contributed by atoms with Gasteiger partial charge in [0, 0.05) is 61.6 Å². The van der Waals surface area contributed by atoms with Gasteiger partial charge in [0.25, 0.3) is 5.69 Å². The maximum atomic E-state index is 12.1. The zero-order chi connectivity index (χ0) is 42.6. The van der Waals surface area contributed by atoms with Gasteiger partial charge in [0.2, 0.25) is 11.8 Å². The molecule has 1 unspecified atom stereocenters. The Morgan fingerprint density at radius 1 is 0.772 bits per heavy atom. The largest absolute Gasteiger partial charge is 0.497 e. The highest BCUT2D eigenvalue weighted by atomic mass is 16.6. The highest BCUT2D eigenvalue weighted by molar-refractivity contribution is 5.88. The standard InChI is InChI=1S/2C15H19NO5.C9H12N2O4/c2*1-9-12(15(18)19)8-16(14(9)17)7-10-4-5-11(20-2)6-13(10)21-3;10-8(5-12)9(13)6-1-3-7(4-2-6)11(14)15/h2*4-6,9,12H,7-8H2,1-3H3,(H,18,19);1-4,8-9,12-13H,5,10H2/t9-,12?;9-,12+;8-,9-/m111/s1. The molecule has 18 nitrogen and oxygen atoms in total. The SMILES string of the molecule is COc1ccc(CN2CC(C(=O)O)[C@@H](C)C2=O)c(OC)c1.COc1ccc(CN2C[C@H](C(=O)O)[C@@H](C)C2=O)c(OC)c1.N[C@H](CO)[C@H](O)c1ccc([N+](=O)[O-])cc1. The molecule has 0 aromatic heterocycles. The molecule has 3 aromatic carbocycles. The van der Waals surface area contributed by atoms with Crippen LogP contribution in [0, 0.1) is 33.8 Å². The van der Waals surface area contributed by atoms with Crippen LogP contribution in [0.4, 0.5) is 5.69 Å². The summed E-state index contributed by atoms with van der Waals surface area (Å²) in [6.45, 7) is 4.09. The third-order valence-electron chi connectivity index (χ3n) is 9.85.